The molecule has 4 amide bonds. The van der Waals surface area contributed by atoms with Crippen LogP contribution in [-0.4, -0.2) is 103 Å². The molecule has 1 aliphatic heterocycles. The number of hydrogen-bond donors (Lipinski definition) is 7. The summed E-state index contributed by atoms with van der Waals surface area (Å²) in [5.74, 6) is -3.51. The summed E-state index contributed by atoms with van der Waals surface area (Å²) in [6.45, 7) is 0.0514. The number of aliphatic carboxylic acids is 1. The summed E-state index contributed by atoms with van der Waals surface area (Å²) in [5, 5.41) is 29.8. The van der Waals surface area contributed by atoms with Gasteiger partial charge in [0.25, 0.3) is 11.8 Å². The third-order valence-corrected chi connectivity index (χ3v) is 7.51. The maximum atomic E-state index is 13.2. The Morgan fingerprint density at radius 1 is 1.29 bits per heavy atom. The number of aromatic nitrogens is 4. The van der Waals surface area contributed by atoms with E-state index in [0.29, 0.717) is 0 Å². The first kappa shape index (κ1) is 29.6. The fourth-order valence-corrected chi connectivity index (χ4v) is 5.05. The molecular weight excluding hydrogens is 590 g/mol. The lowest BCUT2D eigenvalue weighted by atomic mass is 9.98. The molecule has 0 bridgehead atoms. The first-order valence-corrected chi connectivity index (χ1v) is 14.1. The van der Waals surface area contributed by atoms with Crippen LogP contribution < -0.4 is 27.4 Å². The van der Waals surface area contributed by atoms with Gasteiger partial charge in [-0.1, -0.05) is 5.16 Å². The molecule has 0 unspecified atom stereocenters. The summed E-state index contributed by atoms with van der Waals surface area (Å²) >= 11 is 0.953. The molecule has 22 heteroatoms. The molecular formula is C19H25N11O9S2. The number of rotatable bonds is 13. The average Bonchev–Trinajstić information content (AvgIpc) is 3.37. The molecule has 0 spiro atoms. The van der Waals surface area contributed by atoms with E-state index in [1.807, 2.05) is 0 Å². The highest BCUT2D eigenvalue weighted by atomic mass is 32.2. The monoisotopic (exact) mass is 615 g/mol. The second kappa shape index (κ2) is 11.6. The lowest BCUT2D eigenvalue weighted by molar-refractivity contribution is -0.153. The number of carboxylic acids is 1. The molecule has 41 heavy (non-hydrogen) atoms. The molecule has 1 aliphatic carbocycles. The number of amides is 4. The normalized spacial score (nSPS) is 19.7. The highest BCUT2D eigenvalue weighted by Gasteiger charge is 2.56. The Balaban J connectivity index is 1.50. The molecule has 2 fully saturated rings. The smallest absolute Gasteiger partial charge is 0.362 e. The second-order valence-electron chi connectivity index (χ2n) is 8.82. The van der Waals surface area contributed by atoms with E-state index < -0.39 is 64.1 Å². The lowest BCUT2D eigenvalue weighted by Crippen LogP contribution is -2.73. The van der Waals surface area contributed by atoms with Crippen molar-refractivity contribution in [2.24, 2.45) is 10.9 Å². The van der Waals surface area contributed by atoms with Gasteiger partial charge in [-0.2, -0.15) is 23.4 Å². The standard InChI is InChI=1S/C19H25N11O9S2/c20-3-4-22-18(35)23-5-9-6-24-29(27-9)7-11-13(15(32)30(11)41(36,37)38)26-14(31)12(10-8-40-17(21)25-10)28-39-19(1-2-19)16(33)34/h6,8,11,13H,1-5,7,20H2,(H2,21,25)(H,26,31)(H,33,34)(H2,22,23,35)(H,36,37,38)/b28-12-/t11-,13+/m1/s1. The lowest BCUT2D eigenvalue weighted by Gasteiger charge is -2.43. The number of nitrogens with two attached hydrogens (primary N) is 2. The molecule has 1 saturated heterocycles. The van der Waals surface area contributed by atoms with Crippen LogP contribution in [0.5, 0.6) is 0 Å². The molecule has 2 aromatic heterocycles. The zero-order chi connectivity index (χ0) is 29.9. The molecule has 3 heterocycles. The van der Waals surface area contributed by atoms with Gasteiger partial charge in [-0.05, 0) is 0 Å². The van der Waals surface area contributed by atoms with Gasteiger partial charge in [-0.3, -0.25) is 14.1 Å². The fourth-order valence-electron chi connectivity index (χ4n) is 3.63. The van der Waals surface area contributed by atoms with E-state index in [9.17, 15) is 37.3 Å². The Labute approximate surface area is 234 Å². The second-order valence-corrected chi connectivity index (χ2v) is 11.0. The van der Waals surface area contributed by atoms with Crippen molar-refractivity contribution in [3.05, 3.63) is 23.0 Å². The predicted octanol–water partition coefficient (Wildman–Crippen LogP) is -3.39. The predicted molar refractivity (Wildman–Crippen MR) is 137 cm³/mol. The number of carboxylic acid groups (broad SMARTS) is 1. The first-order valence-electron chi connectivity index (χ1n) is 11.8. The SMILES string of the molecule is NCCNC(=O)NCc1cnn(C[C@@H]2[C@H](NC(=O)/C(=N\OC3(C(=O)O)CC3)c3csc(N)n3)C(=O)N2S(=O)(=O)O)n1. The van der Waals surface area contributed by atoms with Crippen LogP contribution in [0.1, 0.15) is 24.2 Å². The Bertz CT molecular complexity index is 1480. The van der Waals surface area contributed by atoms with Crippen molar-refractivity contribution < 1.29 is 42.1 Å². The van der Waals surface area contributed by atoms with Gasteiger partial charge in [0.05, 0.1) is 19.3 Å². The van der Waals surface area contributed by atoms with Crippen LogP contribution in [-0.2, 0) is 42.6 Å². The first-order chi connectivity index (χ1) is 19.3. The Morgan fingerprint density at radius 3 is 2.61 bits per heavy atom. The van der Waals surface area contributed by atoms with Gasteiger partial charge in [0.15, 0.2) is 10.8 Å². The van der Waals surface area contributed by atoms with E-state index in [1.54, 1.807) is 0 Å². The number of oxime groups is 1. The van der Waals surface area contributed by atoms with Crippen LogP contribution in [0.2, 0.25) is 0 Å². The van der Waals surface area contributed by atoms with Crippen molar-refractivity contribution in [1.29, 1.82) is 0 Å². The summed E-state index contributed by atoms with van der Waals surface area (Å²) in [6, 6.07) is -3.39. The third-order valence-electron chi connectivity index (χ3n) is 5.88. The molecule has 2 aliphatic rings. The Kier molecular flexibility index (Phi) is 8.37. The van der Waals surface area contributed by atoms with E-state index in [0.717, 1.165) is 16.1 Å². The van der Waals surface area contributed by atoms with E-state index in [1.165, 1.54) is 11.6 Å². The largest absolute Gasteiger partial charge is 0.478 e. The maximum Gasteiger partial charge on any atom is 0.362 e. The zero-order valence-electron chi connectivity index (χ0n) is 21.0. The van der Waals surface area contributed by atoms with Gasteiger partial charge >= 0.3 is 22.3 Å². The molecule has 1 saturated carbocycles. The number of β-lactam (4-membered cyclic amide) rings is 1. The third kappa shape index (κ3) is 6.67. The highest BCUT2D eigenvalue weighted by molar-refractivity contribution is 7.84. The number of nitrogens with one attached hydrogen (secondary N) is 3. The summed E-state index contributed by atoms with van der Waals surface area (Å²) in [4.78, 5) is 59.0. The van der Waals surface area contributed by atoms with Gasteiger partial charge < -0.3 is 37.4 Å². The minimum Gasteiger partial charge on any atom is -0.478 e. The Hall–Kier alpha value is -4.41. The van der Waals surface area contributed by atoms with Crippen molar-refractivity contribution >= 4 is 56.3 Å². The molecule has 0 aromatic carbocycles. The zero-order valence-corrected chi connectivity index (χ0v) is 22.6. The van der Waals surface area contributed by atoms with Crippen molar-refractivity contribution in [1.82, 2.24) is 40.2 Å². The van der Waals surface area contributed by atoms with E-state index in [4.69, 9.17) is 16.3 Å². The number of carbonyl (C=O) groups excluding carboxylic acids is 3. The number of urea groups is 1. The molecule has 222 valence electrons. The van der Waals surface area contributed by atoms with Crippen LogP contribution in [0.4, 0.5) is 9.93 Å². The van der Waals surface area contributed by atoms with E-state index in [2.05, 4.69) is 36.3 Å². The van der Waals surface area contributed by atoms with Crippen LogP contribution in [0.25, 0.3) is 0 Å². The number of thiazole rings is 1. The molecule has 0 radical (unpaired) electrons. The summed E-state index contributed by atoms with van der Waals surface area (Å²) in [7, 11) is -5.04. The van der Waals surface area contributed by atoms with Crippen molar-refractivity contribution in [3.8, 4) is 0 Å². The molecule has 2 atom stereocenters. The summed E-state index contributed by atoms with van der Waals surface area (Å²) < 4.78 is 33.5. The van der Waals surface area contributed by atoms with E-state index in [-0.39, 0.29) is 53.3 Å². The van der Waals surface area contributed by atoms with Gasteiger partial charge in [0, 0.05) is 31.3 Å². The van der Waals surface area contributed by atoms with E-state index >= 15 is 0 Å². The molecule has 20 nitrogen and oxygen atoms in total. The van der Waals surface area contributed by atoms with Crippen LogP contribution in [0, 0.1) is 0 Å². The topological polar surface area (TPSA) is 299 Å². The number of nitrogens with zero attached hydrogens (tertiary/aromatic N) is 6. The molecule has 9 N–H and O–H groups in total. The average molecular weight is 616 g/mol. The van der Waals surface area contributed by atoms with Crippen LogP contribution >= 0.6 is 11.3 Å². The fraction of sp³-hybridized carbons (Fsp3) is 0.474. The number of anilines is 1. The Morgan fingerprint density at radius 2 is 2.02 bits per heavy atom. The molecule has 4 rings (SSSR count). The van der Waals surface area contributed by atoms with Crippen molar-refractivity contribution in [2.45, 2.75) is 43.6 Å². The van der Waals surface area contributed by atoms with Gasteiger partial charge in [-0.15, -0.1) is 11.3 Å². The van der Waals surface area contributed by atoms with Gasteiger partial charge in [-0.25, -0.2) is 18.9 Å². The number of hydrogen-bond acceptors (Lipinski definition) is 14. The van der Waals surface area contributed by atoms with Crippen molar-refractivity contribution in [3.63, 3.8) is 0 Å². The summed E-state index contributed by atoms with van der Waals surface area (Å²) in [6.07, 6.45) is 1.58. The van der Waals surface area contributed by atoms with Crippen LogP contribution in [0.15, 0.2) is 16.7 Å². The van der Waals surface area contributed by atoms with Gasteiger partial charge in [0.1, 0.15) is 23.5 Å². The number of carbonyl (C=O) groups is 4. The minimum atomic E-state index is -5.04. The number of nitrogen functional groups attached to an aromatic ring is 1. The van der Waals surface area contributed by atoms with Crippen LogP contribution in [0.3, 0.4) is 0 Å². The molecule has 2 aromatic rings. The maximum absolute atomic E-state index is 13.2. The minimum absolute atomic E-state index is 0.0450. The van der Waals surface area contributed by atoms with Gasteiger partial charge in [0.2, 0.25) is 5.60 Å². The highest BCUT2D eigenvalue weighted by Crippen LogP contribution is 2.40. The summed E-state index contributed by atoms with van der Waals surface area (Å²) in [5.41, 5.74) is 9.03. The quantitative estimate of drug-likeness (QED) is 0.0500. The van der Waals surface area contributed by atoms with Crippen molar-refractivity contribution in [2.75, 3.05) is 18.8 Å².